The van der Waals surface area contributed by atoms with Crippen LogP contribution in [0.3, 0.4) is 0 Å². The van der Waals surface area contributed by atoms with Gasteiger partial charge in [0.15, 0.2) is 11.5 Å². The number of carbonyl (C=O) groups is 1. The fourth-order valence-electron chi connectivity index (χ4n) is 2.36. The molecule has 2 aromatic carbocycles. The molecule has 124 valence electrons. The lowest BCUT2D eigenvalue weighted by atomic mass is 10.2. The lowest BCUT2D eigenvalue weighted by molar-refractivity contribution is -0.121. The zero-order chi connectivity index (χ0) is 16.6. The van der Waals surface area contributed by atoms with Crippen molar-refractivity contribution in [3.05, 3.63) is 66.1 Å². The Hall–Kier alpha value is -2.66. The SMILES string of the molecule is O=C(CCc1nc2ccccc2o1)NCCOCc1ccccc1. The minimum absolute atomic E-state index is 0.0273. The van der Waals surface area contributed by atoms with Gasteiger partial charge in [-0.15, -0.1) is 0 Å². The molecule has 0 bridgehead atoms. The molecule has 0 aliphatic heterocycles. The second-order valence-corrected chi connectivity index (χ2v) is 5.46. The number of benzene rings is 2. The molecule has 3 rings (SSSR count). The lowest BCUT2D eigenvalue weighted by Crippen LogP contribution is -2.27. The maximum Gasteiger partial charge on any atom is 0.220 e. The highest BCUT2D eigenvalue weighted by Crippen LogP contribution is 2.15. The van der Waals surface area contributed by atoms with Gasteiger partial charge in [-0.1, -0.05) is 42.5 Å². The summed E-state index contributed by atoms with van der Waals surface area (Å²) in [6.45, 7) is 1.54. The first-order chi connectivity index (χ1) is 11.8. The number of carbonyl (C=O) groups excluding carboxylic acids is 1. The van der Waals surface area contributed by atoms with E-state index in [4.69, 9.17) is 9.15 Å². The van der Waals surface area contributed by atoms with E-state index in [1.165, 1.54) is 0 Å². The second-order valence-electron chi connectivity index (χ2n) is 5.46. The highest BCUT2D eigenvalue weighted by Gasteiger charge is 2.08. The van der Waals surface area contributed by atoms with Crippen molar-refractivity contribution < 1.29 is 13.9 Å². The number of amides is 1. The van der Waals surface area contributed by atoms with Crippen LogP contribution in [-0.4, -0.2) is 24.0 Å². The fourth-order valence-corrected chi connectivity index (χ4v) is 2.36. The third-order valence-corrected chi connectivity index (χ3v) is 3.58. The van der Waals surface area contributed by atoms with E-state index in [-0.39, 0.29) is 5.91 Å². The molecule has 0 unspecified atom stereocenters. The molecule has 1 amide bonds. The Morgan fingerprint density at radius 1 is 1.08 bits per heavy atom. The number of hydrogen-bond acceptors (Lipinski definition) is 4. The number of oxazole rings is 1. The molecule has 24 heavy (non-hydrogen) atoms. The first kappa shape index (κ1) is 16.2. The van der Waals surface area contributed by atoms with Crippen LogP contribution in [0.15, 0.2) is 59.0 Å². The molecule has 0 radical (unpaired) electrons. The van der Waals surface area contributed by atoms with Gasteiger partial charge in [0, 0.05) is 19.4 Å². The van der Waals surface area contributed by atoms with Gasteiger partial charge in [-0.3, -0.25) is 4.79 Å². The smallest absolute Gasteiger partial charge is 0.220 e. The van der Waals surface area contributed by atoms with Crippen molar-refractivity contribution in [2.24, 2.45) is 0 Å². The average molecular weight is 324 g/mol. The van der Waals surface area contributed by atoms with E-state index in [1.54, 1.807) is 0 Å². The maximum atomic E-state index is 11.8. The molecule has 0 saturated heterocycles. The second kappa shape index (κ2) is 8.26. The summed E-state index contributed by atoms with van der Waals surface area (Å²) in [7, 11) is 0. The summed E-state index contributed by atoms with van der Waals surface area (Å²) in [6, 6.07) is 17.5. The average Bonchev–Trinajstić information content (AvgIpc) is 3.03. The van der Waals surface area contributed by atoms with Crippen LogP contribution in [-0.2, 0) is 22.6 Å². The van der Waals surface area contributed by atoms with Gasteiger partial charge in [0.1, 0.15) is 5.52 Å². The Labute approximate surface area is 140 Å². The van der Waals surface area contributed by atoms with E-state index >= 15 is 0 Å². The fraction of sp³-hybridized carbons (Fsp3) is 0.263. The number of fused-ring (bicyclic) bond motifs is 1. The summed E-state index contributed by atoms with van der Waals surface area (Å²) in [4.78, 5) is 16.2. The Bertz CT molecular complexity index is 750. The molecular formula is C19H20N2O3. The summed E-state index contributed by atoms with van der Waals surface area (Å²) in [5.41, 5.74) is 2.70. The largest absolute Gasteiger partial charge is 0.441 e. The number of aromatic nitrogens is 1. The number of rotatable bonds is 8. The van der Waals surface area contributed by atoms with E-state index in [2.05, 4.69) is 10.3 Å². The number of nitrogens with zero attached hydrogens (tertiary/aromatic N) is 1. The van der Waals surface area contributed by atoms with Gasteiger partial charge in [-0.2, -0.15) is 0 Å². The molecule has 0 spiro atoms. The Morgan fingerprint density at radius 3 is 2.71 bits per heavy atom. The third kappa shape index (κ3) is 4.67. The third-order valence-electron chi connectivity index (χ3n) is 3.58. The van der Waals surface area contributed by atoms with E-state index in [9.17, 15) is 4.79 Å². The molecular weight excluding hydrogens is 304 g/mol. The standard InChI is InChI=1S/C19H20N2O3/c22-18(20-12-13-23-14-15-6-2-1-3-7-15)10-11-19-21-16-8-4-5-9-17(16)24-19/h1-9H,10-14H2,(H,20,22). The molecule has 0 saturated carbocycles. The molecule has 1 aromatic heterocycles. The van der Waals surface area contributed by atoms with E-state index in [0.29, 0.717) is 38.5 Å². The van der Waals surface area contributed by atoms with Gasteiger partial charge in [-0.25, -0.2) is 4.98 Å². The highest BCUT2D eigenvalue weighted by molar-refractivity contribution is 5.76. The molecule has 0 fully saturated rings. The Balaban J connectivity index is 1.32. The van der Waals surface area contributed by atoms with Gasteiger partial charge < -0.3 is 14.5 Å². The van der Waals surface area contributed by atoms with Crippen molar-refractivity contribution in [2.75, 3.05) is 13.2 Å². The van der Waals surface area contributed by atoms with Crippen molar-refractivity contribution in [2.45, 2.75) is 19.4 Å². The van der Waals surface area contributed by atoms with E-state index in [0.717, 1.165) is 16.7 Å². The predicted octanol–water partition coefficient (Wildman–Crippen LogP) is 3.09. The van der Waals surface area contributed by atoms with Crippen LogP contribution in [0.5, 0.6) is 0 Å². The first-order valence-corrected chi connectivity index (χ1v) is 8.04. The molecule has 5 heteroatoms. The molecule has 1 heterocycles. The zero-order valence-electron chi connectivity index (χ0n) is 13.4. The molecule has 0 atom stereocenters. The number of aryl methyl sites for hydroxylation is 1. The van der Waals surface area contributed by atoms with Crippen molar-refractivity contribution in [3.63, 3.8) is 0 Å². The quantitative estimate of drug-likeness (QED) is 0.647. The molecule has 0 aliphatic carbocycles. The molecule has 1 N–H and O–H groups in total. The minimum atomic E-state index is -0.0273. The van der Waals surface area contributed by atoms with Gasteiger partial charge in [0.2, 0.25) is 5.91 Å². The predicted molar refractivity (Wildman–Crippen MR) is 91.4 cm³/mol. The van der Waals surface area contributed by atoms with Crippen LogP contribution >= 0.6 is 0 Å². The van der Waals surface area contributed by atoms with Crippen molar-refractivity contribution in [1.29, 1.82) is 0 Å². The maximum absolute atomic E-state index is 11.8. The van der Waals surface area contributed by atoms with Crippen molar-refractivity contribution >= 4 is 17.0 Å². The number of ether oxygens (including phenoxy) is 1. The Morgan fingerprint density at radius 2 is 1.88 bits per heavy atom. The van der Waals surface area contributed by atoms with E-state index < -0.39 is 0 Å². The van der Waals surface area contributed by atoms with Gasteiger partial charge in [0.25, 0.3) is 0 Å². The number of hydrogen-bond donors (Lipinski definition) is 1. The molecule has 0 aliphatic rings. The van der Waals surface area contributed by atoms with Gasteiger partial charge >= 0.3 is 0 Å². The minimum Gasteiger partial charge on any atom is -0.441 e. The number of para-hydroxylation sites is 2. The van der Waals surface area contributed by atoms with Crippen molar-refractivity contribution in [3.8, 4) is 0 Å². The summed E-state index contributed by atoms with van der Waals surface area (Å²) in [5, 5.41) is 2.84. The van der Waals surface area contributed by atoms with E-state index in [1.807, 2.05) is 54.6 Å². The monoisotopic (exact) mass is 324 g/mol. The highest BCUT2D eigenvalue weighted by atomic mass is 16.5. The van der Waals surface area contributed by atoms with Crippen LogP contribution in [0.25, 0.3) is 11.1 Å². The van der Waals surface area contributed by atoms with Crippen LogP contribution in [0.2, 0.25) is 0 Å². The van der Waals surface area contributed by atoms with Crippen molar-refractivity contribution in [1.82, 2.24) is 10.3 Å². The normalized spacial score (nSPS) is 10.8. The van der Waals surface area contributed by atoms with Crippen LogP contribution in [0.4, 0.5) is 0 Å². The van der Waals surface area contributed by atoms with Crippen LogP contribution < -0.4 is 5.32 Å². The number of nitrogens with one attached hydrogen (secondary N) is 1. The van der Waals surface area contributed by atoms with Gasteiger partial charge in [-0.05, 0) is 17.7 Å². The summed E-state index contributed by atoms with van der Waals surface area (Å²) in [6.07, 6.45) is 0.844. The summed E-state index contributed by atoms with van der Waals surface area (Å²) < 4.78 is 11.1. The zero-order valence-corrected chi connectivity index (χ0v) is 13.4. The topological polar surface area (TPSA) is 64.4 Å². The summed E-state index contributed by atoms with van der Waals surface area (Å²) in [5.74, 6) is 0.562. The van der Waals surface area contributed by atoms with Gasteiger partial charge in [0.05, 0.1) is 13.2 Å². The lowest BCUT2D eigenvalue weighted by Gasteiger charge is -2.06. The summed E-state index contributed by atoms with van der Waals surface area (Å²) >= 11 is 0. The Kier molecular flexibility index (Phi) is 5.58. The first-order valence-electron chi connectivity index (χ1n) is 8.04. The van der Waals surface area contributed by atoms with Crippen LogP contribution in [0, 0.1) is 0 Å². The van der Waals surface area contributed by atoms with Crippen LogP contribution in [0.1, 0.15) is 17.9 Å². The molecule has 5 nitrogen and oxygen atoms in total. The molecule has 3 aromatic rings.